The molecule has 2 fully saturated rings. The van der Waals surface area contributed by atoms with Crippen LogP contribution in [0.1, 0.15) is 44.1 Å². The zero-order chi connectivity index (χ0) is 17.3. The molecule has 0 radical (unpaired) electrons. The Hall–Kier alpha value is -1.43. The van der Waals surface area contributed by atoms with Crippen LogP contribution in [-0.4, -0.2) is 43.3 Å². The summed E-state index contributed by atoms with van der Waals surface area (Å²) in [4.78, 5) is 14.7. The molecule has 24 heavy (non-hydrogen) atoms. The van der Waals surface area contributed by atoms with Crippen molar-refractivity contribution < 1.29 is 17.6 Å². The lowest BCUT2D eigenvalue weighted by atomic mass is 10.1. The van der Waals surface area contributed by atoms with Crippen molar-refractivity contribution in [2.75, 3.05) is 18.1 Å². The largest absolute Gasteiger partial charge is 0.338 e. The van der Waals surface area contributed by atoms with Gasteiger partial charge in [-0.3, -0.25) is 4.79 Å². The zero-order valence-electron chi connectivity index (χ0n) is 13.9. The number of hydrogen-bond donors (Lipinski definition) is 0. The van der Waals surface area contributed by atoms with Gasteiger partial charge in [0.05, 0.1) is 11.5 Å². The number of nitrogens with zero attached hydrogens (tertiary/aromatic N) is 1. The van der Waals surface area contributed by atoms with Crippen LogP contribution < -0.4 is 0 Å². The predicted octanol–water partition coefficient (Wildman–Crippen LogP) is 2.75. The van der Waals surface area contributed by atoms with Crippen LogP contribution in [0.25, 0.3) is 0 Å². The maximum atomic E-state index is 13.0. The van der Waals surface area contributed by atoms with E-state index >= 15 is 0 Å². The fourth-order valence-corrected chi connectivity index (χ4v) is 5.31. The van der Waals surface area contributed by atoms with Gasteiger partial charge < -0.3 is 4.90 Å². The Morgan fingerprint density at radius 3 is 2.58 bits per heavy atom. The quantitative estimate of drug-likeness (QED) is 0.790. The highest BCUT2D eigenvalue weighted by atomic mass is 32.2. The van der Waals surface area contributed by atoms with E-state index in [1.807, 2.05) is 4.90 Å². The normalized spacial score (nSPS) is 27.8. The summed E-state index contributed by atoms with van der Waals surface area (Å²) in [5.41, 5.74) is 0.990. The summed E-state index contributed by atoms with van der Waals surface area (Å²) in [6.07, 6.45) is 3.17. The van der Waals surface area contributed by atoms with Gasteiger partial charge in [0, 0.05) is 18.5 Å². The van der Waals surface area contributed by atoms with E-state index in [9.17, 15) is 17.6 Å². The summed E-state index contributed by atoms with van der Waals surface area (Å²) in [6.45, 7) is 2.69. The summed E-state index contributed by atoms with van der Waals surface area (Å²) >= 11 is 0. The molecule has 0 N–H and O–H groups in total. The highest BCUT2D eigenvalue weighted by Crippen LogP contribution is 2.49. The molecule has 132 valence electrons. The van der Waals surface area contributed by atoms with Gasteiger partial charge in [0.1, 0.15) is 5.82 Å². The third-order valence-electron chi connectivity index (χ3n) is 5.09. The molecule has 1 saturated heterocycles. The lowest BCUT2D eigenvalue weighted by molar-refractivity contribution is -0.134. The first-order valence-electron chi connectivity index (χ1n) is 8.67. The van der Waals surface area contributed by atoms with Gasteiger partial charge >= 0.3 is 0 Å². The van der Waals surface area contributed by atoms with Gasteiger partial charge in [-0.15, -0.1) is 0 Å². The molecule has 4 nitrogen and oxygen atoms in total. The Kier molecular flexibility index (Phi) is 4.95. The molecule has 0 spiro atoms. The number of hydrogen-bond acceptors (Lipinski definition) is 3. The second kappa shape index (κ2) is 6.82. The van der Waals surface area contributed by atoms with E-state index in [0.717, 1.165) is 24.8 Å². The number of carbonyl (C=O) groups excluding carboxylic acids is 1. The van der Waals surface area contributed by atoms with Crippen LogP contribution in [-0.2, 0) is 14.6 Å². The lowest BCUT2D eigenvalue weighted by Gasteiger charge is -2.28. The van der Waals surface area contributed by atoms with Crippen LogP contribution in [0.2, 0.25) is 0 Å². The molecule has 3 unspecified atom stereocenters. The van der Waals surface area contributed by atoms with Crippen LogP contribution in [0.3, 0.4) is 0 Å². The van der Waals surface area contributed by atoms with E-state index in [1.165, 1.54) is 12.1 Å². The molecule has 1 amide bonds. The molecule has 1 saturated carbocycles. The molecular weight excluding hydrogens is 329 g/mol. The van der Waals surface area contributed by atoms with Crippen LogP contribution in [0, 0.1) is 11.7 Å². The van der Waals surface area contributed by atoms with Crippen LogP contribution in [0.15, 0.2) is 24.3 Å². The van der Waals surface area contributed by atoms with Crippen LogP contribution >= 0.6 is 0 Å². The van der Waals surface area contributed by atoms with Crippen molar-refractivity contribution in [1.82, 2.24) is 4.90 Å². The molecule has 1 aliphatic carbocycles. The minimum Gasteiger partial charge on any atom is -0.338 e. The molecule has 2 aliphatic rings. The molecule has 1 aromatic rings. The van der Waals surface area contributed by atoms with Gasteiger partial charge in [-0.25, -0.2) is 12.8 Å². The average Bonchev–Trinajstić information content (AvgIpc) is 3.26. The number of amides is 1. The number of benzene rings is 1. The van der Waals surface area contributed by atoms with Crippen molar-refractivity contribution in [1.29, 1.82) is 0 Å². The first kappa shape index (κ1) is 17.4. The summed E-state index contributed by atoms with van der Waals surface area (Å²) in [5.74, 6) is 0.120. The number of halogens is 1. The third-order valence-corrected chi connectivity index (χ3v) is 6.84. The first-order valence-corrected chi connectivity index (χ1v) is 10.5. The number of rotatable bonds is 6. The smallest absolute Gasteiger partial charge is 0.226 e. The number of unbranched alkanes of at least 4 members (excludes halogenated alkanes) is 1. The molecular formula is C18H24FNO3S. The molecule has 3 atom stereocenters. The maximum Gasteiger partial charge on any atom is 0.226 e. The number of sulfone groups is 1. The molecule has 1 aliphatic heterocycles. The van der Waals surface area contributed by atoms with Gasteiger partial charge in [-0.1, -0.05) is 25.5 Å². The second-order valence-electron chi connectivity index (χ2n) is 6.94. The highest BCUT2D eigenvalue weighted by Gasteiger charge is 2.47. The topological polar surface area (TPSA) is 54.5 Å². The minimum atomic E-state index is -3.01. The van der Waals surface area contributed by atoms with Gasteiger partial charge in [-0.2, -0.15) is 0 Å². The fourth-order valence-electron chi connectivity index (χ4n) is 3.58. The molecule has 0 bridgehead atoms. The monoisotopic (exact) mass is 353 g/mol. The summed E-state index contributed by atoms with van der Waals surface area (Å²) in [5, 5.41) is 0. The Labute approximate surface area is 143 Å². The Balaban J connectivity index is 1.69. The van der Waals surface area contributed by atoms with E-state index in [-0.39, 0.29) is 41.1 Å². The number of carbonyl (C=O) groups is 1. The third kappa shape index (κ3) is 3.79. The van der Waals surface area contributed by atoms with Crippen molar-refractivity contribution in [3.63, 3.8) is 0 Å². The van der Waals surface area contributed by atoms with E-state index in [1.54, 1.807) is 12.1 Å². The van der Waals surface area contributed by atoms with Crippen molar-refractivity contribution in [2.45, 2.75) is 44.6 Å². The molecule has 3 rings (SSSR count). The summed E-state index contributed by atoms with van der Waals surface area (Å²) in [7, 11) is -3.01. The van der Waals surface area contributed by atoms with Crippen LogP contribution in [0.4, 0.5) is 4.39 Å². The summed E-state index contributed by atoms with van der Waals surface area (Å²) in [6, 6.07) is 6.15. The minimum absolute atomic E-state index is 0.0693. The Morgan fingerprint density at radius 2 is 2.00 bits per heavy atom. The Bertz CT molecular complexity index is 701. The van der Waals surface area contributed by atoms with Gasteiger partial charge in [0.15, 0.2) is 9.84 Å². The van der Waals surface area contributed by atoms with E-state index < -0.39 is 9.84 Å². The molecule has 0 aromatic heterocycles. The van der Waals surface area contributed by atoms with Crippen LogP contribution in [0.5, 0.6) is 0 Å². The fraction of sp³-hybridized carbons (Fsp3) is 0.611. The lowest BCUT2D eigenvalue weighted by Crippen LogP contribution is -2.42. The zero-order valence-corrected chi connectivity index (χ0v) is 14.8. The second-order valence-corrected chi connectivity index (χ2v) is 9.17. The average molecular weight is 353 g/mol. The van der Waals surface area contributed by atoms with Gasteiger partial charge in [0.2, 0.25) is 5.91 Å². The van der Waals surface area contributed by atoms with E-state index in [2.05, 4.69) is 6.92 Å². The molecule has 1 heterocycles. The maximum absolute atomic E-state index is 13.0. The van der Waals surface area contributed by atoms with E-state index in [0.29, 0.717) is 13.0 Å². The Morgan fingerprint density at radius 1 is 1.29 bits per heavy atom. The standard InChI is InChI=1S/C18H24FNO3S/c1-2-3-9-20(15-8-10-24(22,23)12-15)18(21)17-11-16(17)13-4-6-14(19)7-5-13/h4-7,15-17H,2-3,8-12H2,1H3. The van der Waals surface area contributed by atoms with E-state index in [4.69, 9.17) is 0 Å². The van der Waals surface area contributed by atoms with Crippen molar-refractivity contribution in [3.8, 4) is 0 Å². The summed E-state index contributed by atoms with van der Waals surface area (Å²) < 4.78 is 36.6. The van der Waals surface area contributed by atoms with Crippen molar-refractivity contribution in [2.24, 2.45) is 5.92 Å². The molecule has 1 aromatic carbocycles. The SMILES string of the molecule is CCCCN(C(=O)C1CC1c1ccc(F)cc1)C1CCS(=O)(=O)C1. The first-order chi connectivity index (χ1) is 11.4. The highest BCUT2D eigenvalue weighted by molar-refractivity contribution is 7.91. The van der Waals surface area contributed by atoms with Gasteiger partial charge in [-0.05, 0) is 42.9 Å². The van der Waals surface area contributed by atoms with Crippen molar-refractivity contribution in [3.05, 3.63) is 35.6 Å². The van der Waals surface area contributed by atoms with Crippen molar-refractivity contribution >= 4 is 15.7 Å². The molecule has 6 heteroatoms. The van der Waals surface area contributed by atoms with Gasteiger partial charge in [0.25, 0.3) is 0 Å². The predicted molar refractivity (Wildman–Crippen MR) is 90.9 cm³/mol.